The average molecular weight is 387 g/mol. The van der Waals surface area contributed by atoms with Gasteiger partial charge < -0.3 is 20.1 Å². The Balaban J connectivity index is 0.00000288. The number of halogens is 2. The van der Waals surface area contributed by atoms with Gasteiger partial charge in [0.2, 0.25) is 0 Å². The first-order valence-corrected chi connectivity index (χ1v) is 8.04. The van der Waals surface area contributed by atoms with E-state index in [2.05, 4.69) is 34.9 Å². The molecule has 25 heavy (non-hydrogen) atoms. The second-order valence-corrected chi connectivity index (χ2v) is 5.37. The number of benzene rings is 2. The summed E-state index contributed by atoms with van der Waals surface area (Å²) in [5.74, 6) is 1.83. The monoisotopic (exact) mass is 386 g/mol. The Morgan fingerprint density at radius 2 is 1.00 bits per heavy atom. The Morgan fingerprint density at radius 3 is 1.32 bits per heavy atom. The van der Waals surface area contributed by atoms with E-state index in [4.69, 9.17) is 9.47 Å². The molecule has 6 heteroatoms. The van der Waals surface area contributed by atoms with Gasteiger partial charge in [0.15, 0.2) is 0 Å². The molecule has 0 spiro atoms. The summed E-state index contributed by atoms with van der Waals surface area (Å²) in [6.45, 7) is 3.07. The first-order chi connectivity index (χ1) is 11.3. The second-order valence-electron chi connectivity index (χ2n) is 5.37. The number of hydrogen-bond acceptors (Lipinski definition) is 4. The molecule has 2 aromatic carbocycles. The van der Waals surface area contributed by atoms with Gasteiger partial charge >= 0.3 is 0 Å². The Labute approximate surface area is 163 Å². The van der Waals surface area contributed by atoms with Gasteiger partial charge in [-0.2, -0.15) is 0 Å². The van der Waals surface area contributed by atoms with Crippen molar-refractivity contribution in [2.75, 3.05) is 40.4 Å². The van der Waals surface area contributed by atoms with Gasteiger partial charge in [-0.05, 0) is 55.9 Å². The van der Waals surface area contributed by atoms with Gasteiger partial charge in [0.1, 0.15) is 24.7 Å². The van der Waals surface area contributed by atoms with Gasteiger partial charge in [-0.15, -0.1) is 24.8 Å². The Bertz CT molecular complexity index is 511. The fourth-order valence-electron chi connectivity index (χ4n) is 2.18. The van der Waals surface area contributed by atoms with E-state index in [9.17, 15) is 0 Å². The van der Waals surface area contributed by atoms with Gasteiger partial charge in [-0.3, -0.25) is 0 Å². The molecule has 0 unspecified atom stereocenters. The van der Waals surface area contributed by atoms with Crippen LogP contribution in [0, 0.1) is 0 Å². The lowest BCUT2D eigenvalue weighted by Gasteiger charge is -2.08. The molecule has 0 atom stereocenters. The zero-order chi connectivity index (χ0) is 16.3. The van der Waals surface area contributed by atoms with E-state index < -0.39 is 0 Å². The predicted octanol–water partition coefficient (Wildman–Crippen LogP) is 3.32. The largest absolute Gasteiger partial charge is 0.492 e. The maximum Gasteiger partial charge on any atom is 0.119 e. The molecule has 2 N–H and O–H groups in total. The molecule has 0 heterocycles. The summed E-state index contributed by atoms with van der Waals surface area (Å²) >= 11 is 0. The summed E-state index contributed by atoms with van der Waals surface area (Å²) in [5, 5.41) is 6.13. The summed E-state index contributed by atoms with van der Waals surface area (Å²) < 4.78 is 11.3. The van der Waals surface area contributed by atoms with E-state index >= 15 is 0 Å². The maximum absolute atomic E-state index is 5.63. The van der Waals surface area contributed by atoms with E-state index in [1.807, 2.05) is 38.4 Å². The summed E-state index contributed by atoms with van der Waals surface area (Å²) in [5.41, 5.74) is 2.55. The second kappa shape index (κ2) is 13.8. The molecule has 0 aliphatic heterocycles. The van der Waals surface area contributed by atoms with Crippen LogP contribution in [0.15, 0.2) is 48.5 Å². The summed E-state index contributed by atoms with van der Waals surface area (Å²) in [7, 11) is 3.84. The zero-order valence-electron chi connectivity index (χ0n) is 14.8. The van der Waals surface area contributed by atoms with Crippen LogP contribution in [-0.4, -0.2) is 40.4 Å². The molecule has 0 aromatic heterocycles. The van der Waals surface area contributed by atoms with Crippen molar-refractivity contribution in [3.63, 3.8) is 0 Å². The van der Waals surface area contributed by atoms with Gasteiger partial charge in [0.25, 0.3) is 0 Å². The highest BCUT2D eigenvalue weighted by Gasteiger charge is 2.00. The van der Waals surface area contributed by atoms with Crippen molar-refractivity contribution in [1.82, 2.24) is 10.6 Å². The minimum absolute atomic E-state index is 0. The zero-order valence-corrected chi connectivity index (χ0v) is 16.4. The van der Waals surface area contributed by atoms with Crippen LogP contribution in [0.3, 0.4) is 0 Å². The summed E-state index contributed by atoms with van der Waals surface area (Å²) in [4.78, 5) is 0. The lowest BCUT2D eigenvalue weighted by atomic mass is 10.0. The molecule has 0 amide bonds. The van der Waals surface area contributed by atoms with Crippen molar-refractivity contribution < 1.29 is 9.47 Å². The van der Waals surface area contributed by atoms with E-state index in [0.717, 1.165) is 31.0 Å². The summed E-state index contributed by atoms with van der Waals surface area (Å²) in [6.07, 6.45) is 0.910. The van der Waals surface area contributed by atoms with E-state index in [1.54, 1.807) is 0 Å². The molecule has 0 saturated carbocycles. The standard InChI is InChI=1S/C19H26N2O2.2ClH/c1-20-11-13-22-18-7-3-16(4-8-18)15-17-5-9-19(10-6-17)23-14-12-21-2;;/h3-10,20-21H,11-15H2,1-2H3;2*1H. The highest BCUT2D eigenvalue weighted by Crippen LogP contribution is 2.17. The highest BCUT2D eigenvalue weighted by molar-refractivity contribution is 5.85. The minimum Gasteiger partial charge on any atom is -0.492 e. The lowest BCUT2D eigenvalue weighted by Crippen LogP contribution is -2.15. The topological polar surface area (TPSA) is 42.5 Å². The third-order valence-corrected chi connectivity index (χ3v) is 3.50. The molecule has 0 aliphatic rings. The normalized spacial score (nSPS) is 9.68. The van der Waals surface area contributed by atoms with Crippen LogP contribution < -0.4 is 20.1 Å². The first kappa shape index (κ1) is 23.5. The molecule has 2 rings (SSSR count). The van der Waals surface area contributed by atoms with Crippen molar-refractivity contribution >= 4 is 24.8 Å². The molecule has 2 aromatic rings. The van der Waals surface area contributed by atoms with Crippen LogP contribution in [0.4, 0.5) is 0 Å². The SMILES string of the molecule is CNCCOc1ccc(Cc2ccc(OCCNC)cc2)cc1.Cl.Cl. The Hall–Kier alpha value is -1.46. The van der Waals surface area contributed by atoms with Crippen LogP contribution in [0.2, 0.25) is 0 Å². The van der Waals surface area contributed by atoms with Crippen molar-refractivity contribution in [3.05, 3.63) is 59.7 Å². The van der Waals surface area contributed by atoms with E-state index in [0.29, 0.717) is 13.2 Å². The van der Waals surface area contributed by atoms with Crippen molar-refractivity contribution in [2.45, 2.75) is 6.42 Å². The van der Waals surface area contributed by atoms with Crippen LogP contribution in [0.5, 0.6) is 11.5 Å². The Kier molecular flexibility index (Phi) is 13.0. The average Bonchev–Trinajstić information content (AvgIpc) is 2.58. The predicted molar refractivity (Wildman–Crippen MR) is 109 cm³/mol. The minimum atomic E-state index is 0. The smallest absolute Gasteiger partial charge is 0.119 e. The molecule has 0 aliphatic carbocycles. The van der Waals surface area contributed by atoms with Crippen molar-refractivity contribution in [1.29, 1.82) is 0 Å². The van der Waals surface area contributed by atoms with Crippen LogP contribution in [0.1, 0.15) is 11.1 Å². The molecular formula is C19H28Cl2N2O2. The molecule has 140 valence electrons. The molecule has 0 bridgehead atoms. The van der Waals surface area contributed by atoms with Crippen LogP contribution >= 0.6 is 24.8 Å². The molecular weight excluding hydrogens is 359 g/mol. The van der Waals surface area contributed by atoms with Gasteiger partial charge in [-0.1, -0.05) is 24.3 Å². The molecule has 4 nitrogen and oxygen atoms in total. The third kappa shape index (κ3) is 8.98. The van der Waals surface area contributed by atoms with Crippen LogP contribution in [0.25, 0.3) is 0 Å². The number of likely N-dealkylation sites (N-methyl/N-ethyl adjacent to an activating group) is 2. The van der Waals surface area contributed by atoms with Gasteiger partial charge in [-0.25, -0.2) is 0 Å². The first-order valence-electron chi connectivity index (χ1n) is 8.04. The molecule has 0 saturated heterocycles. The molecule has 0 fully saturated rings. The number of nitrogens with one attached hydrogen (secondary N) is 2. The third-order valence-electron chi connectivity index (χ3n) is 3.50. The van der Waals surface area contributed by atoms with Gasteiger partial charge in [0, 0.05) is 13.1 Å². The van der Waals surface area contributed by atoms with Crippen LogP contribution in [-0.2, 0) is 6.42 Å². The molecule has 0 radical (unpaired) electrons. The summed E-state index contributed by atoms with van der Waals surface area (Å²) in [6, 6.07) is 16.6. The highest BCUT2D eigenvalue weighted by atomic mass is 35.5. The van der Waals surface area contributed by atoms with E-state index in [-0.39, 0.29) is 24.8 Å². The number of rotatable bonds is 10. The number of hydrogen-bond donors (Lipinski definition) is 2. The van der Waals surface area contributed by atoms with Crippen molar-refractivity contribution in [2.24, 2.45) is 0 Å². The van der Waals surface area contributed by atoms with E-state index in [1.165, 1.54) is 11.1 Å². The van der Waals surface area contributed by atoms with Crippen molar-refractivity contribution in [3.8, 4) is 11.5 Å². The van der Waals surface area contributed by atoms with Gasteiger partial charge in [0.05, 0.1) is 0 Å². The lowest BCUT2D eigenvalue weighted by molar-refractivity contribution is 0.318. The quantitative estimate of drug-likeness (QED) is 0.614. The fraction of sp³-hybridized carbons (Fsp3) is 0.368. The Morgan fingerprint density at radius 1 is 0.640 bits per heavy atom. The fourth-order valence-corrected chi connectivity index (χ4v) is 2.18. The number of ether oxygens (including phenoxy) is 2. The maximum atomic E-state index is 5.63.